The van der Waals surface area contributed by atoms with Gasteiger partial charge in [0.05, 0.1) is 0 Å². The number of Topliss-reactive ketones (excluding diaryl/α,β-unsaturated/α-hetero) is 1. The van der Waals surface area contributed by atoms with Gasteiger partial charge in [0, 0.05) is 5.56 Å². The smallest absolute Gasteiger partial charge is 0.159 e. The van der Waals surface area contributed by atoms with Crippen molar-refractivity contribution in [2.75, 3.05) is 13.2 Å². The van der Waals surface area contributed by atoms with Gasteiger partial charge in [0.2, 0.25) is 0 Å². The summed E-state index contributed by atoms with van der Waals surface area (Å²) >= 11 is 0. The van der Waals surface area contributed by atoms with E-state index >= 15 is 0 Å². The summed E-state index contributed by atoms with van der Waals surface area (Å²) < 4.78 is 11.3. The molecule has 0 aliphatic heterocycles. The molecule has 0 spiro atoms. The van der Waals surface area contributed by atoms with Crippen molar-refractivity contribution in [2.45, 2.75) is 33.1 Å². The Balaban J connectivity index is 1.78. The molecule has 0 fully saturated rings. The largest absolute Gasteiger partial charge is 0.490 e. The molecule has 0 aromatic heterocycles. The highest BCUT2D eigenvalue weighted by Crippen LogP contribution is 2.24. The first-order valence-electron chi connectivity index (χ1n) is 7.83. The molecule has 0 aliphatic rings. The van der Waals surface area contributed by atoms with E-state index < -0.39 is 0 Å². The molecule has 2 rings (SSSR count). The second kappa shape index (κ2) is 7.32. The van der Waals surface area contributed by atoms with Gasteiger partial charge in [-0.1, -0.05) is 32.9 Å². The van der Waals surface area contributed by atoms with E-state index in [1.54, 1.807) is 31.2 Å². The van der Waals surface area contributed by atoms with E-state index in [9.17, 15) is 4.79 Å². The van der Waals surface area contributed by atoms with Crippen molar-refractivity contribution in [2.24, 2.45) is 0 Å². The Hall–Kier alpha value is -2.29. The lowest BCUT2D eigenvalue weighted by atomic mass is 9.87. The van der Waals surface area contributed by atoms with E-state index in [-0.39, 0.29) is 11.2 Å². The standard InChI is InChI=1S/C20H24O3/c1-15(21)16-5-9-18(10-6-16)22-13-14-23-19-11-7-17(8-12-19)20(2,3)4/h5-12H,13-14H2,1-4H3. The fourth-order valence-corrected chi connectivity index (χ4v) is 2.16. The average molecular weight is 312 g/mol. The molecule has 0 saturated heterocycles. The minimum Gasteiger partial charge on any atom is -0.490 e. The molecule has 0 amide bonds. The van der Waals surface area contributed by atoms with Crippen molar-refractivity contribution in [1.82, 2.24) is 0 Å². The first-order chi connectivity index (χ1) is 10.9. The molecule has 2 aromatic rings. The maximum Gasteiger partial charge on any atom is 0.159 e. The Morgan fingerprint density at radius 3 is 1.65 bits per heavy atom. The normalized spacial score (nSPS) is 11.1. The number of rotatable bonds is 6. The third-order valence-corrected chi connectivity index (χ3v) is 3.60. The monoisotopic (exact) mass is 312 g/mol. The molecule has 0 heterocycles. The van der Waals surface area contributed by atoms with Crippen LogP contribution in [0.25, 0.3) is 0 Å². The summed E-state index contributed by atoms with van der Waals surface area (Å²) in [7, 11) is 0. The second-order valence-electron chi connectivity index (χ2n) is 6.55. The summed E-state index contributed by atoms with van der Waals surface area (Å²) in [4.78, 5) is 11.2. The van der Waals surface area contributed by atoms with Gasteiger partial charge in [0.25, 0.3) is 0 Å². The van der Waals surface area contributed by atoms with Crippen molar-refractivity contribution in [3.05, 3.63) is 59.7 Å². The zero-order chi connectivity index (χ0) is 16.9. The number of hydrogen-bond donors (Lipinski definition) is 0. The van der Waals surface area contributed by atoms with Gasteiger partial charge in [-0.15, -0.1) is 0 Å². The molecule has 3 heteroatoms. The third kappa shape index (κ3) is 5.13. The highest BCUT2D eigenvalue weighted by atomic mass is 16.5. The van der Waals surface area contributed by atoms with E-state index in [0.717, 1.165) is 11.5 Å². The van der Waals surface area contributed by atoms with Gasteiger partial charge in [-0.2, -0.15) is 0 Å². The molecule has 0 unspecified atom stereocenters. The molecular formula is C20H24O3. The molecule has 2 aromatic carbocycles. The fraction of sp³-hybridized carbons (Fsp3) is 0.350. The summed E-state index contributed by atoms with van der Waals surface area (Å²) in [6, 6.07) is 15.3. The molecule has 0 aliphatic carbocycles. The van der Waals surface area contributed by atoms with Crippen LogP contribution >= 0.6 is 0 Å². The molecule has 23 heavy (non-hydrogen) atoms. The summed E-state index contributed by atoms with van der Waals surface area (Å²) in [5.74, 6) is 1.63. The minimum absolute atomic E-state index is 0.0542. The van der Waals surface area contributed by atoms with Crippen molar-refractivity contribution < 1.29 is 14.3 Å². The van der Waals surface area contributed by atoms with E-state index in [4.69, 9.17) is 9.47 Å². The lowest BCUT2D eigenvalue weighted by Crippen LogP contribution is -2.11. The van der Waals surface area contributed by atoms with Crippen molar-refractivity contribution >= 4 is 5.78 Å². The molecule has 122 valence electrons. The predicted octanol–water partition coefficient (Wildman–Crippen LogP) is 4.64. The summed E-state index contributed by atoms with van der Waals surface area (Å²) in [5.41, 5.74) is 2.12. The summed E-state index contributed by atoms with van der Waals surface area (Å²) in [5, 5.41) is 0. The molecule has 0 saturated carbocycles. The van der Waals surface area contributed by atoms with Crippen LogP contribution in [0.2, 0.25) is 0 Å². The van der Waals surface area contributed by atoms with Gasteiger partial charge in [0.1, 0.15) is 24.7 Å². The predicted molar refractivity (Wildman–Crippen MR) is 92.6 cm³/mol. The minimum atomic E-state index is 0.0542. The molecule has 0 atom stereocenters. The number of ether oxygens (including phenoxy) is 2. The molecule has 0 N–H and O–H groups in total. The van der Waals surface area contributed by atoms with Gasteiger partial charge in [-0.25, -0.2) is 0 Å². The summed E-state index contributed by atoms with van der Waals surface area (Å²) in [6.07, 6.45) is 0. The van der Waals surface area contributed by atoms with Crippen molar-refractivity contribution in [3.8, 4) is 11.5 Å². The second-order valence-corrected chi connectivity index (χ2v) is 6.55. The zero-order valence-corrected chi connectivity index (χ0v) is 14.3. The van der Waals surface area contributed by atoms with Gasteiger partial charge >= 0.3 is 0 Å². The lowest BCUT2D eigenvalue weighted by Gasteiger charge is -2.19. The third-order valence-electron chi connectivity index (χ3n) is 3.60. The van der Waals surface area contributed by atoms with E-state index in [1.807, 2.05) is 12.1 Å². The number of carbonyl (C=O) groups is 1. The highest BCUT2D eigenvalue weighted by molar-refractivity contribution is 5.94. The quantitative estimate of drug-likeness (QED) is 0.575. The number of hydrogen-bond acceptors (Lipinski definition) is 3. The van der Waals surface area contributed by atoms with Gasteiger partial charge < -0.3 is 9.47 Å². The first kappa shape index (κ1) is 17.1. The van der Waals surface area contributed by atoms with Gasteiger partial charge in [-0.3, -0.25) is 4.79 Å². The number of carbonyl (C=O) groups excluding carboxylic acids is 1. The van der Waals surface area contributed by atoms with Crippen LogP contribution in [0.3, 0.4) is 0 Å². The topological polar surface area (TPSA) is 35.5 Å². The van der Waals surface area contributed by atoms with Crippen LogP contribution in [-0.4, -0.2) is 19.0 Å². The summed E-state index contributed by atoms with van der Waals surface area (Å²) in [6.45, 7) is 9.05. The van der Waals surface area contributed by atoms with Crippen LogP contribution in [0.1, 0.15) is 43.6 Å². The maximum atomic E-state index is 11.2. The van der Waals surface area contributed by atoms with Gasteiger partial charge in [-0.05, 0) is 54.3 Å². The van der Waals surface area contributed by atoms with E-state index in [1.165, 1.54) is 5.56 Å². The molecule has 0 bridgehead atoms. The SMILES string of the molecule is CC(=O)c1ccc(OCCOc2ccc(C(C)(C)C)cc2)cc1. The van der Waals surface area contributed by atoms with Crippen molar-refractivity contribution in [3.63, 3.8) is 0 Å². The maximum absolute atomic E-state index is 11.2. The fourth-order valence-electron chi connectivity index (χ4n) is 2.16. The van der Waals surface area contributed by atoms with Crippen molar-refractivity contribution in [1.29, 1.82) is 0 Å². The Bertz CT molecular complexity index is 634. The zero-order valence-electron chi connectivity index (χ0n) is 14.3. The Labute approximate surface area is 138 Å². The van der Waals surface area contributed by atoms with Crippen LogP contribution < -0.4 is 9.47 Å². The molecule has 0 radical (unpaired) electrons. The Morgan fingerprint density at radius 2 is 1.26 bits per heavy atom. The average Bonchev–Trinajstić information content (AvgIpc) is 2.51. The Morgan fingerprint density at radius 1 is 0.826 bits per heavy atom. The van der Waals surface area contributed by atoms with Crippen LogP contribution in [0.5, 0.6) is 11.5 Å². The first-order valence-corrected chi connectivity index (χ1v) is 7.83. The number of ketones is 1. The lowest BCUT2D eigenvalue weighted by molar-refractivity contribution is 0.101. The van der Waals surface area contributed by atoms with E-state index in [0.29, 0.717) is 18.8 Å². The Kier molecular flexibility index (Phi) is 5.43. The highest BCUT2D eigenvalue weighted by Gasteiger charge is 2.12. The van der Waals surface area contributed by atoms with Gasteiger partial charge in [0.15, 0.2) is 5.78 Å². The van der Waals surface area contributed by atoms with Crippen LogP contribution in [-0.2, 0) is 5.41 Å². The molecule has 3 nitrogen and oxygen atoms in total. The van der Waals surface area contributed by atoms with Crippen LogP contribution in [0.15, 0.2) is 48.5 Å². The molecular weight excluding hydrogens is 288 g/mol. The van der Waals surface area contributed by atoms with E-state index in [2.05, 4.69) is 32.9 Å². The van der Waals surface area contributed by atoms with Crippen LogP contribution in [0, 0.1) is 0 Å². The van der Waals surface area contributed by atoms with Crippen LogP contribution in [0.4, 0.5) is 0 Å². The number of benzene rings is 2.